The van der Waals surface area contributed by atoms with Gasteiger partial charge in [0.15, 0.2) is 0 Å². The Hall–Kier alpha value is -0.570. The Morgan fingerprint density at radius 2 is 2.43 bits per heavy atom. The van der Waals surface area contributed by atoms with E-state index in [9.17, 15) is 0 Å². The molecule has 7 heavy (non-hydrogen) atoms. The molecule has 3 N–H and O–H groups in total. The molecule has 1 rings (SSSR count). The van der Waals surface area contributed by atoms with Gasteiger partial charge in [-0.05, 0) is 6.07 Å². The topological polar surface area (TPSA) is 41.8 Å². The van der Waals surface area contributed by atoms with Crippen LogP contribution in [0.25, 0.3) is 0 Å². The summed E-state index contributed by atoms with van der Waals surface area (Å²) in [6, 6.07) is 1.80. The van der Waals surface area contributed by atoms with Crippen molar-refractivity contribution in [1.29, 1.82) is 0 Å². The molecule has 0 spiro atoms. The number of hydrogen-bond donors (Lipinski definition) is 3. The third-order valence-corrected chi connectivity index (χ3v) is 1.15. The number of aromatic amines is 1. The summed E-state index contributed by atoms with van der Waals surface area (Å²) in [5.41, 5.74) is 5.31. The highest BCUT2D eigenvalue weighted by Crippen LogP contribution is 2.11. The summed E-state index contributed by atoms with van der Waals surface area (Å²) in [7, 11) is 0. The van der Waals surface area contributed by atoms with Gasteiger partial charge in [-0.25, -0.2) is 0 Å². The van der Waals surface area contributed by atoms with Crippen LogP contribution in [0, 0.1) is 0 Å². The number of hydrogen-bond acceptors (Lipinski definition) is 2. The molecule has 1 aromatic rings. The molecule has 0 fully saturated rings. The Morgan fingerprint density at radius 3 is 2.57 bits per heavy atom. The van der Waals surface area contributed by atoms with Gasteiger partial charge in [-0.15, -0.1) is 12.6 Å². The number of anilines is 1. The summed E-state index contributed by atoms with van der Waals surface area (Å²) >= 11 is 3.99. The molecular formula is C4H6N2S. The van der Waals surface area contributed by atoms with Gasteiger partial charge < -0.3 is 10.7 Å². The molecule has 0 atom stereocenters. The maximum atomic E-state index is 5.31. The van der Waals surface area contributed by atoms with Crippen LogP contribution in [0.3, 0.4) is 0 Å². The largest absolute Gasteiger partial charge is 0.384 e. The van der Waals surface area contributed by atoms with E-state index in [1.807, 2.05) is 0 Å². The highest BCUT2D eigenvalue weighted by Gasteiger charge is 1.87. The predicted octanol–water partition coefficient (Wildman–Crippen LogP) is 0.886. The van der Waals surface area contributed by atoms with E-state index in [0.717, 1.165) is 4.90 Å². The molecule has 38 valence electrons. The molecule has 0 amide bonds. The van der Waals surface area contributed by atoms with Gasteiger partial charge in [0.05, 0.1) is 0 Å². The fourth-order valence-corrected chi connectivity index (χ4v) is 0.513. The SMILES string of the molecule is Nc1[nH]ccc1S. The normalized spacial score (nSPS) is 9.29. The summed E-state index contributed by atoms with van der Waals surface area (Å²) in [6.45, 7) is 0. The second-order valence-corrected chi connectivity index (χ2v) is 1.76. The van der Waals surface area contributed by atoms with Gasteiger partial charge in [0.25, 0.3) is 0 Å². The van der Waals surface area contributed by atoms with Crippen molar-refractivity contribution in [2.45, 2.75) is 4.90 Å². The Bertz CT molecular complexity index is 142. The first kappa shape index (κ1) is 4.59. The first-order valence-electron chi connectivity index (χ1n) is 1.92. The minimum absolute atomic E-state index is 0.628. The smallest absolute Gasteiger partial charge is 0.114 e. The van der Waals surface area contributed by atoms with Gasteiger partial charge >= 0.3 is 0 Å². The molecule has 3 heteroatoms. The average Bonchev–Trinajstić information content (AvgIpc) is 1.91. The van der Waals surface area contributed by atoms with E-state index < -0.39 is 0 Å². The van der Waals surface area contributed by atoms with Crippen LogP contribution in [-0.2, 0) is 0 Å². The minimum Gasteiger partial charge on any atom is -0.384 e. The molecule has 0 saturated carbocycles. The molecular weight excluding hydrogens is 108 g/mol. The maximum Gasteiger partial charge on any atom is 0.114 e. The number of thiol groups is 1. The van der Waals surface area contributed by atoms with Gasteiger partial charge in [-0.1, -0.05) is 0 Å². The zero-order valence-corrected chi connectivity index (χ0v) is 4.57. The average molecular weight is 114 g/mol. The fourth-order valence-electron chi connectivity index (χ4n) is 0.374. The zero-order chi connectivity index (χ0) is 5.28. The minimum atomic E-state index is 0.628. The third-order valence-electron chi connectivity index (χ3n) is 0.756. The van der Waals surface area contributed by atoms with Crippen molar-refractivity contribution in [2.75, 3.05) is 5.73 Å². The number of aromatic nitrogens is 1. The summed E-state index contributed by atoms with van der Waals surface area (Å²) in [5, 5.41) is 0. The molecule has 1 aromatic heterocycles. The molecule has 0 aromatic carbocycles. The van der Waals surface area contributed by atoms with Gasteiger partial charge in [-0.3, -0.25) is 0 Å². The highest BCUT2D eigenvalue weighted by atomic mass is 32.1. The number of nitrogens with one attached hydrogen (secondary N) is 1. The molecule has 0 aliphatic carbocycles. The van der Waals surface area contributed by atoms with Crippen molar-refractivity contribution in [3.8, 4) is 0 Å². The number of nitrogens with two attached hydrogens (primary N) is 1. The lowest BCUT2D eigenvalue weighted by Gasteiger charge is -1.81. The van der Waals surface area contributed by atoms with E-state index in [4.69, 9.17) is 5.73 Å². The second-order valence-electron chi connectivity index (χ2n) is 1.28. The first-order valence-corrected chi connectivity index (χ1v) is 2.37. The van der Waals surface area contributed by atoms with Crippen LogP contribution in [0.5, 0.6) is 0 Å². The second kappa shape index (κ2) is 1.50. The lowest BCUT2D eigenvalue weighted by atomic mass is 10.6. The number of nitrogen functional groups attached to an aromatic ring is 1. The van der Waals surface area contributed by atoms with Crippen LogP contribution in [0.15, 0.2) is 17.2 Å². The molecule has 0 aliphatic heterocycles. The van der Waals surface area contributed by atoms with Crippen molar-refractivity contribution in [3.63, 3.8) is 0 Å². The van der Waals surface area contributed by atoms with Gasteiger partial charge in [-0.2, -0.15) is 0 Å². The van der Waals surface area contributed by atoms with Crippen molar-refractivity contribution in [3.05, 3.63) is 12.3 Å². The van der Waals surface area contributed by atoms with Gasteiger partial charge in [0.1, 0.15) is 5.82 Å². The van der Waals surface area contributed by atoms with Crippen molar-refractivity contribution < 1.29 is 0 Å². The van der Waals surface area contributed by atoms with Crippen molar-refractivity contribution in [2.24, 2.45) is 0 Å². The summed E-state index contributed by atoms with van der Waals surface area (Å²) < 4.78 is 0. The predicted molar refractivity (Wildman–Crippen MR) is 32.5 cm³/mol. The van der Waals surface area contributed by atoms with Crippen molar-refractivity contribution in [1.82, 2.24) is 4.98 Å². The molecule has 0 bridgehead atoms. The maximum absolute atomic E-state index is 5.31. The third kappa shape index (κ3) is 0.718. The molecule has 2 nitrogen and oxygen atoms in total. The van der Waals surface area contributed by atoms with Crippen LogP contribution in [-0.4, -0.2) is 4.98 Å². The monoisotopic (exact) mass is 114 g/mol. The van der Waals surface area contributed by atoms with E-state index in [2.05, 4.69) is 17.6 Å². The van der Waals surface area contributed by atoms with Crippen LogP contribution in [0.2, 0.25) is 0 Å². The standard InChI is InChI=1S/C4H6N2S/c5-4-3(7)1-2-6-4/h1-2,6-7H,5H2. The zero-order valence-electron chi connectivity index (χ0n) is 3.68. The summed E-state index contributed by atoms with van der Waals surface area (Å²) in [6.07, 6.45) is 1.75. The lowest BCUT2D eigenvalue weighted by Crippen LogP contribution is -1.82. The van der Waals surface area contributed by atoms with E-state index in [0.29, 0.717) is 5.82 Å². The van der Waals surface area contributed by atoms with E-state index in [-0.39, 0.29) is 0 Å². The fraction of sp³-hybridized carbons (Fsp3) is 0. The Labute approximate surface area is 47.1 Å². The Kier molecular flexibility index (Phi) is 0.982. The molecule has 0 radical (unpaired) electrons. The highest BCUT2D eigenvalue weighted by molar-refractivity contribution is 7.80. The molecule has 1 heterocycles. The van der Waals surface area contributed by atoms with E-state index >= 15 is 0 Å². The number of rotatable bonds is 0. The number of H-pyrrole nitrogens is 1. The van der Waals surface area contributed by atoms with E-state index in [1.54, 1.807) is 12.3 Å². The summed E-state index contributed by atoms with van der Waals surface area (Å²) in [4.78, 5) is 3.58. The van der Waals surface area contributed by atoms with E-state index in [1.165, 1.54) is 0 Å². The van der Waals surface area contributed by atoms with Crippen LogP contribution in [0.1, 0.15) is 0 Å². The van der Waals surface area contributed by atoms with Crippen LogP contribution < -0.4 is 5.73 Å². The Morgan fingerprint density at radius 1 is 1.71 bits per heavy atom. The Balaban J connectivity index is 3.12. The van der Waals surface area contributed by atoms with Gasteiger partial charge in [0.2, 0.25) is 0 Å². The summed E-state index contributed by atoms with van der Waals surface area (Å²) in [5.74, 6) is 0.628. The van der Waals surface area contributed by atoms with Crippen LogP contribution >= 0.6 is 12.6 Å². The lowest BCUT2D eigenvalue weighted by molar-refractivity contribution is 1.39. The van der Waals surface area contributed by atoms with Crippen molar-refractivity contribution >= 4 is 18.4 Å². The van der Waals surface area contributed by atoms with Gasteiger partial charge in [0, 0.05) is 11.1 Å². The quantitative estimate of drug-likeness (QED) is 0.431. The molecule has 0 aliphatic rings. The molecule has 0 saturated heterocycles. The first-order chi connectivity index (χ1) is 3.30. The molecule has 0 unspecified atom stereocenters. The van der Waals surface area contributed by atoms with Crippen LogP contribution in [0.4, 0.5) is 5.82 Å².